The van der Waals surface area contributed by atoms with Crippen molar-refractivity contribution in [3.8, 4) is 0 Å². The minimum Gasteiger partial charge on any atom is -0.330 e. The SMILES string of the molecule is CCCCCCCCCCNCCCCCCN. The van der Waals surface area contributed by atoms with Gasteiger partial charge in [-0.05, 0) is 38.9 Å². The van der Waals surface area contributed by atoms with Crippen LogP contribution in [0.5, 0.6) is 0 Å². The van der Waals surface area contributed by atoms with Gasteiger partial charge in [0.1, 0.15) is 0 Å². The molecule has 0 saturated heterocycles. The molecule has 0 aliphatic carbocycles. The third-order valence-corrected chi connectivity index (χ3v) is 3.51. The fourth-order valence-electron chi connectivity index (χ4n) is 2.26. The highest BCUT2D eigenvalue weighted by atomic mass is 14.8. The molecule has 0 aromatic carbocycles. The lowest BCUT2D eigenvalue weighted by atomic mass is 10.1. The van der Waals surface area contributed by atoms with Gasteiger partial charge in [0, 0.05) is 0 Å². The second kappa shape index (κ2) is 16.9. The summed E-state index contributed by atoms with van der Waals surface area (Å²) in [6.07, 6.45) is 16.5. The van der Waals surface area contributed by atoms with E-state index in [1.54, 1.807) is 0 Å². The molecule has 0 rings (SSSR count). The van der Waals surface area contributed by atoms with Gasteiger partial charge in [-0.2, -0.15) is 0 Å². The summed E-state index contributed by atoms with van der Waals surface area (Å²) in [4.78, 5) is 0. The van der Waals surface area contributed by atoms with Gasteiger partial charge < -0.3 is 11.1 Å². The summed E-state index contributed by atoms with van der Waals surface area (Å²) < 4.78 is 0. The Kier molecular flexibility index (Phi) is 16.8. The summed E-state index contributed by atoms with van der Waals surface area (Å²) in [5.74, 6) is 0. The van der Waals surface area contributed by atoms with Gasteiger partial charge in [0.15, 0.2) is 0 Å². The fourth-order valence-corrected chi connectivity index (χ4v) is 2.26. The van der Waals surface area contributed by atoms with Crippen molar-refractivity contribution in [1.82, 2.24) is 5.32 Å². The molecule has 0 aliphatic rings. The molecule has 110 valence electrons. The number of nitrogens with two attached hydrogens (primary N) is 1. The highest BCUT2D eigenvalue weighted by molar-refractivity contribution is 4.51. The summed E-state index contributed by atoms with van der Waals surface area (Å²) in [6.45, 7) is 5.54. The highest BCUT2D eigenvalue weighted by Crippen LogP contribution is 2.07. The van der Waals surface area contributed by atoms with Gasteiger partial charge in [0.2, 0.25) is 0 Å². The normalized spacial score (nSPS) is 11.0. The smallest absolute Gasteiger partial charge is 0.00489 e. The van der Waals surface area contributed by atoms with Crippen molar-refractivity contribution < 1.29 is 0 Å². The van der Waals surface area contributed by atoms with Gasteiger partial charge in [0.25, 0.3) is 0 Å². The lowest BCUT2D eigenvalue weighted by Gasteiger charge is -2.05. The minimum atomic E-state index is 0.853. The Hall–Kier alpha value is -0.0800. The van der Waals surface area contributed by atoms with Crippen molar-refractivity contribution in [2.75, 3.05) is 19.6 Å². The molecule has 0 atom stereocenters. The molecular formula is C16H36N2. The van der Waals surface area contributed by atoms with Crippen LogP contribution in [0.15, 0.2) is 0 Å². The molecule has 0 spiro atoms. The van der Waals surface area contributed by atoms with Crippen LogP contribution in [0.2, 0.25) is 0 Å². The van der Waals surface area contributed by atoms with Gasteiger partial charge in [-0.15, -0.1) is 0 Å². The van der Waals surface area contributed by atoms with Crippen LogP contribution in [-0.2, 0) is 0 Å². The van der Waals surface area contributed by atoms with Gasteiger partial charge >= 0.3 is 0 Å². The average molecular weight is 256 g/mol. The minimum absolute atomic E-state index is 0.853. The lowest BCUT2D eigenvalue weighted by Crippen LogP contribution is -2.16. The zero-order valence-corrected chi connectivity index (χ0v) is 12.7. The summed E-state index contributed by atoms with van der Waals surface area (Å²) in [7, 11) is 0. The topological polar surface area (TPSA) is 38.0 Å². The Balaban J connectivity index is 2.86. The van der Waals surface area contributed by atoms with Crippen LogP contribution in [0.1, 0.15) is 84.0 Å². The quantitative estimate of drug-likeness (QED) is 0.430. The van der Waals surface area contributed by atoms with E-state index in [1.165, 1.54) is 90.1 Å². The van der Waals surface area contributed by atoms with Crippen molar-refractivity contribution in [2.24, 2.45) is 5.73 Å². The predicted molar refractivity (Wildman–Crippen MR) is 83.0 cm³/mol. The standard InChI is InChI=1S/C16H36N2/c1-2-3-4-5-6-7-9-12-15-18-16-13-10-8-11-14-17/h18H,2-17H2,1H3. The second-order valence-electron chi connectivity index (χ2n) is 5.43. The number of unbranched alkanes of at least 4 members (excludes halogenated alkanes) is 10. The predicted octanol–water partition coefficient (Wildman–Crippen LogP) is 4.24. The van der Waals surface area contributed by atoms with E-state index in [-0.39, 0.29) is 0 Å². The fraction of sp³-hybridized carbons (Fsp3) is 1.00. The molecule has 2 nitrogen and oxygen atoms in total. The lowest BCUT2D eigenvalue weighted by molar-refractivity contribution is 0.541. The van der Waals surface area contributed by atoms with Crippen LogP contribution in [0.4, 0.5) is 0 Å². The third kappa shape index (κ3) is 15.9. The molecule has 0 saturated carbocycles. The van der Waals surface area contributed by atoms with Crippen molar-refractivity contribution in [1.29, 1.82) is 0 Å². The van der Waals surface area contributed by atoms with E-state index >= 15 is 0 Å². The molecular weight excluding hydrogens is 220 g/mol. The van der Waals surface area contributed by atoms with E-state index in [9.17, 15) is 0 Å². The number of hydrogen-bond donors (Lipinski definition) is 2. The first-order chi connectivity index (χ1) is 8.91. The van der Waals surface area contributed by atoms with Crippen LogP contribution in [0.3, 0.4) is 0 Å². The Labute approximate surface area is 115 Å². The average Bonchev–Trinajstić information content (AvgIpc) is 2.39. The first-order valence-corrected chi connectivity index (χ1v) is 8.32. The Morgan fingerprint density at radius 3 is 1.56 bits per heavy atom. The Bertz CT molecular complexity index is 121. The molecule has 0 fully saturated rings. The number of hydrogen-bond acceptors (Lipinski definition) is 2. The van der Waals surface area contributed by atoms with E-state index in [2.05, 4.69) is 12.2 Å². The Morgan fingerprint density at radius 2 is 1.06 bits per heavy atom. The van der Waals surface area contributed by atoms with E-state index < -0.39 is 0 Å². The molecule has 0 bridgehead atoms. The monoisotopic (exact) mass is 256 g/mol. The largest absolute Gasteiger partial charge is 0.330 e. The first-order valence-electron chi connectivity index (χ1n) is 8.32. The first kappa shape index (κ1) is 17.9. The maximum Gasteiger partial charge on any atom is -0.00489 e. The molecule has 18 heavy (non-hydrogen) atoms. The van der Waals surface area contributed by atoms with Crippen LogP contribution in [-0.4, -0.2) is 19.6 Å². The molecule has 3 N–H and O–H groups in total. The zero-order valence-electron chi connectivity index (χ0n) is 12.7. The molecule has 2 heteroatoms. The summed E-state index contributed by atoms with van der Waals surface area (Å²) in [5.41, 5.74) is 5.46. The maximum absolute atomic E-state index is 5.46. The van der Waals surface area contributed by atoms with Crippen LogP contribution in [0.25, 0.3) is 0 Å². The zero-order chi connectivity index (χ0) is 13.3. The van der Waals surface area contributed by atoms with E-state index in [0.717, 1.165) is 6.54 Å². The van der Waals surface area contributed by atoms with E-state index in [1.807, 2.05) is 0 Å². The van der Waals surface area contributed by atoms with Gasteiger partial charge in [0.05, 0.1) is 0 Å². The van der Waals surface area contributed by atoms with Crippen molar-refractivity contribution in [2.45, 2.75) is 84.0 Å². The third-order valence-electron chi connectivity index (χ3n) is 3.51. The van der Waals surface area contributed by atoms with Gasteiger partial charge in [-0.1, -0.05) is 64.7 Å². The number of rotatable bonds is 15. The molecule has 0 radical (unpaired) electrons. The Morgan fingerprint density at radius 1 is 0.611 bits per heavy atom. The van der Waals surface area contributed by atoms with Crippen molar-refractivity contribution in [3.63, 3.8) is 0 Å². The maximum atomic E-state index is 5.46. The van der Waals surface area contributed by atoms with Gasteiger partial charge in [-0.25, -0.2) is 0 Å². The van der Waals surface area contributed by atoms with E-state index in [0.29, 0.717) is 0 Å². The van der Waals surface area contributed by atoms with Crippen LogP contribution >= 0.6 is 0 Å². The molecule has 0 heterocycles. The summed E-state index contributed by atoms with van der Waals surface area (Å²) >= 11 is 0. The molecule has 0 aliphatic heterocycles. The van der Waals surface area contributed by atoms with Gasteiger partial charge in [-0.3, -0.25) is 0 Å². The molecule has 0 amide bonds. The summed E-state index contributed by atoms with van der Waals surface area (Å²) in [6, 6.07) is 0. The molecule has 0 unspecified atom stereocenters. The van der Waals surface area contributed by atoms with Crippen molar-refractivity contribution >= 4 is 0 Å². The van der Waals surface area contributed by atoms with Crippen LogP contribution < -0.4 is 11.1 Å². The molecule has 0 aromatic rings. The van der Waals surface area contributed by atoms with Crippen LogP contribution in [0, 0.1) is 0 Å². The van der Waals surface area contributed by atoms with E-state index in [4.69, 9.17) is 5.73 Å². The highest BCUT2D eigenvalue weighted by Gasteiger charge is 1.92. The molecule has 0 aromatic heterocycles. The number of nitrogens with one attached hydrogen (secondary N) is 1. The van der Waals surface area contributed by atoms with Crippen molar-refractivity contribution in [3.05, 3.63) is 0 Å². The summed E-state index contributed by atoms with van der Waals surface area (Å²) in [5, 5.41) is 3.54. The second-order valence-corrected chi connectivity index (χ2v) is 5.43.